The molecule has 5 rings (SSSR count). The number of fused-ring (bicyclic) bond motifs is 3. The van der Waals surface area contributed by atoms with Crippen molar-refractivity contribution < 1.29 is 9.52 Å². The smallest absolute Gasteiger partial charge is 0.138 e. The fourth-order valence-corrected chi connectivity index (χ4v) is 4.02. The topological polar surface area (TPSA) is 33.4 Å². The first-order valence-electron chi connectivity index (χ1n) is 9.28. The number of para-hydroxylation sites is 1. The molecule has 1 aliphatic carbocycles. The lowest BCUT2D eigenvalue weighted by molar-refractivity contribution is 0.429. The van der Waals surface area contributed by atoms with E-state index in [-0.39, 0.29) is 5.92 Å². The summed E-state index contributed by atoms with van der Waals surface area (Å²) in [5, 5.41) is 12.7. The molecule has 1 unspecified atom stereocenters. The van der Waals surface area contributed by atoms with Gasteiger partial charge in [-0.2, -0.15) is 0 Å². The summed E-state index contributed by atoms with van der Waals surface area (Å²) < 4.78 is 6.07. The minimum Gasteiger partial charge on any atom is -0.508 e. The van der Waals surface area contributed by atoms with Gasteiger partial charge in [0, 0.05) is 22.3 Å². The second-order valence-electron chi connectivity index (χ2n) is 7.21. The Kier molecular flexibility index (Phi) is 3.64. The van der Waals surface area contributed by atoms with Crippen LogP contribution in [0.15, 0.2) is 89.1 Å². The number of furan rings is 1. The highest BCUT2D eigenvalue weighted by atomic mass is 16.3. The summed E-state index contributed by atoms with van der Waals surface area (Å²) in [5.74, 6) is 0.596. The number of rotatable bonds is 2. The summed E-state index contributed by atoms with van der Waals surface area (Å²) in [6, 6.07) is 22.8. The van der Waals surface area contributed by atoms with Gasteiger partial charge in [-0.25, -0.2) is 0 Å². The van der Waals surface area contributed by atoms with Gasteiger partial charge in [-0.1, -0.05) is 60.7 Å². The average molecular weight is 352 g/mol. The standard InChI is InChI=1S/C25H20O2/c1-16-6-5-9-20-22-15-19(11-13-24(22)27-25(16)20)18-10-12-23(26)21(14-18)17-7-3-2-4-8-17/h2-13,15,18,26H,14H2,1H3. The second-order valence-corrected chi connectivity index (χ2v) is 7.21. The van der Waals surface area contributed by atoms with E-state index in [0.29, 0.717) is 5.76 Å². The van der Waals surface area contributed by atoms with Gasteiger partial charge in [0.05, 0.1) is 0 Å². The Bertz CT molecular complexity index is 1210. The van der Waals surface area contributed by atoms with E-state index in [0.717, 1.165) is 45.1 Å². The van der Waals surface area contributed by atoms with Crippen molar-refractivity contribution in [3.63, 3.8) is 0 Å². The summed E-state index contributed by atoms with van der Waals surface area (Å²) in [4.78, 5) is 0. The predicted molar refractivity (Wildman–Crippen MR) is 111 cm³/mol. The zero-order valence-corrected chi connectivity index (χ0v) is 15.1. The van der Waals surface area contributed by atoms with Gasteiger partial charge >= 0.3 is 0 Å². The molecule has 1 aliphatic rings. The number of aliphatic hydroxyl groups is 1. The predicted octanol–water partition coefficient (Wildman–Crippen LogP) is 6.91. The number of hydrogen-bond acceptors (Lipinski definition) is 2. The van der Waals surface area contributed by atoms with Crippen LogP contribution in [0, 0.1) is 6.92 Å². The van der Waals surface area contributed by atoms with E-state index in [1.807, 2.05) is 24.3 Å². The molecule has 27 heavy (non-hydrogen) atoms. The van der Waals surface area contributed by atoms with Crippen molar-refractivity contribution in [1.82, 2.24) is 0 Å². The molecule has 1 atom stereocenters. The third kappa shape index (κ3) is 2.65. The third-order valence-corrected chi connectivity index (χ3v) is 5.49. The van der Waals surface area contributed by atoms with Crippen molar-refractivity contribution in [1.29, 1.82) is 0 Å². The molecule has 0 saturated heterocycles. The molecule has 0 bridgehead atoms. The second kappa shape index (κ2) is 6.17. The molecule has 0 radical (unpaired) electrons. The SMILES string of the molecule is Cc1cccc2c1oc1ccc(C3C=CC(O)=C(c4ccccc4)C3)cc12. The Hall–Kier alpha value is -3.26. The van der Waals surface area contributed by atoms with Crippen molar-refractivity contribution in [2.24, 2.45) is 0 Å². The summed E-state index contributed by atoms with van der Waals surface area (Å²) >= 11 is 0. The molecule has 1 aromatic heterocycles. The van der Waals surface area contributed by atoms with E-state index < -0.39 is 0 Å². The monoisotopic (exact) mass is 352 g/mol. The molecule has 0 saturated carbocycles. The summed E-state index contributed by atoms with van der Waals surface area (Å²) in [6.45, 7) is 2.08. The van der Waals surface area contributed by atoms with E-state index in [1.165, 1.54) is 5.56 Å². The molecule has 4 aromatic rings. The molecule has 0 amide bonds. The largest absolute Gasteiger partial charge is 0.508 e. The van der Waals surface area contributed by atoms with Gasteiger partial charge in [0.1, 0.15) is 16.9 Å². The lowest BCUT2D eigenvalue weighted by Crippen LogP contribution is -2.04. The van der Waals surface area contributed by atoms with Crippen LogP contribution in [0.25, 0.3) is 27.5 Å². The molecule has 1 heterocycles. The summed E-state index contributed by atoms with van der Waals surface area (Å²) in [7, 11) is 0. The fraction of sp³-hybridized carbons (Fsp3) is 0.120. The number of aryl methyl sites for hydroxylation is 1. The maximum absolute atomic E-state index is 10.4. The highest BCUT2D eigenvalue weighted by molar-refractivity contribution is 6.06. The van der Waals surface area contributed by atoms with Crippen LogP contribution in [0.1, 0.15) is 29.0 Å². The van der Waals surface area contributed by atoms with E-state index in [9.17, 15) is 5.11 Å². The molecule has 0 aliphatic heterocycles. The summed E-state index contributed by atoms with van der Waals surface area (Å²) in [6.07, 6.45) is 4.71. The zero-order chi connectivity index (χ0) is 18.4. The van der Waals surface area contributed by atoms with Gasteiger partial charge in [-0.15, -0.1) is 0 Å². The molecule has 0 fully saturated rings. The molecular formula is C25H20O2. The van der Waals surface area contributed by atoms with Crippen molar-refractivity contribution >= 4 is 27.5 Å². The molecule has 1 N–H and O–H groups in total. The van der Waals surface area contributed by atoms with Crippen LogP contribution < -0.4 is 0 Å². The van der Waals surface area contributed by atoms with Crippen LogP contribution in [0.3, 0.4) is 0 Å². The van der Waals surface area contributed by atoms with Crippen molar-refractivity contribution in [3.8, 4) is 0 Å². The van der Waals surface area contributed by atoms with Gasteiger partial charge in [0.15, 0.2) is 0 Å². The highest BCUT2D eigenvalue weighted by Crippen LogP contribution is 2.38. The summed E-state index contributed by atoms with van der Waals surface area (Å²) in [5.41, 5.74) is 6.35. The van der Waals surface area contributed by atoms with Crippen LogP contribution >= 0.6 is 0 Å². The first kappa shape index (κ1) is 16.0. The molecule has 2 heteroatoms. The van der Waals surface area contributed by atoms with Gasteiger partial charge < -0.3 is 9.52 Å². The minimum absolute atomic E-state index is 0.232. The molecule has 3 aromatic carbocycles. The Balaban J connectivity index is 1.57. The lowest BCUT2D eigenvalue weighted by atomic mass is 9.84. The van der Waals surface area contributed by atoms with E-state index in [4.69, 9.17) is 4.42 Å². The maximum Gasteiger partial charge on any atom is 0.138 e. The Morgan fingerprint density at radius 1 is 0.926 bits per heavy atom. The number of hydrogen-bond donors (Lipinski definition) is 1. The van der Waals surface area contributed by atoms with Crippen molar-refractivity contribution in [3.05, 3.63) is 101 Å². The minimum atomic E-state index is 0.232. The third-order valence-electron chi connectivity index (χ3n) is 5.49. The molecule has 2 nitrogen and oxygen atoms in total. The average Bonchev–Trinajstić information content (AvgIpc) is 3.08. The fourth-order valence-electron chi connectivity index (χ4n) is 4.02. The Labute approximate surface area is 158 Å². The van der Waals surface area contributed by atoms with Crippen LogP contribution in [0.2, 0.25) is 0 Å². The van der Waals surface area contributed by atoms with E-state index in [2.05, 4.69) is 61.5 Å². The van der Waals surface area contributed by atoms with Crippen molar-refractivity contribution in [2.75, 3.05) is 0 Å². The maximum atomic E-state index is 10.4. The van der Waals surface area contributed by atoms with E-state index in [1.54, 1.807) is 0 Å². The molecule has 0 spiro atoms. The lowest BCUT2D eigenvalue weighted by Gasteiger charge is -2.21. The first-order chi connectivity index (χ1) is 13.2. The Morgan fingerprint density at radius 3 is 2.63 bits per heavy atom. The van der Waals surface area contributed by atoms with Crippen molar-refractivity contribution in [2.45, 2.75) is 19.3 Å². The highest BCUT2D eigenvalue weighted by Gasteiger charge is 2.20. The quantitative estimate of drug-likeness (QED) is 0.425. The molecular weight excluding hydrogens is 332 g/mol. The van der Waals surface area contributed by atoms with Gasteiger partial charge in [-0.05, 0) is 48.2 Å². The first-order valence-corrected chi connectivity index (χ1v) is 9.28. The van der Waals surface area contributed by atoms with E-state index >= 15 is 0 Å². The Morgan fingerprint density at radius 2 is 1.78 bits per heavy atom. The number of aliphatic hydroxyl groups excluding tert-OH is 1. The van der Waals surface area contributed by atoms with Gasteiger partial charge in [0.2, 0.25) is 0 Å². The zero-order valence-electron chi connectivity index (χ0n) is 15.1. The molecule has 132 valence electrons. The normalized spacial score (nSPS) is 17.1. The number of benzene rings is 3. The van der Waals surface area contributed by atoms with Crippen LogP contribution in [-0.2, 0) is 0 Å². The van der Waals surface area contributed by atoms with Gasteiger partial charge in [0.25, 0.3) is 0 Å². The number of allylic oxidation sites excluding steroid dienone is 3. The van der Waals surface area contributed by atoms with Crippen LogP contribution in [0.5, 0.6) is 0 Å². The van der Waals surface area contributed by atoms with Crippen LogP contribution in [-0.4, -0.2) is 5.11 Å². The van der Waals surface area contributed by atoms with Gasteiger partial charge in [-0.3, -0.25) is 0 Å². The van der Waals surface area contributed by atoms with Crippen LogP contribution in [0.4, 0.5) is 0 Å².